The van der Waals surface area contributed by atoms with Gasteiger partial charge in [-0.05, 0) is 47.7 Å². The summed E-state index contributed by atoms with van der Waals surface area (Å²) in [6.07, 6.45) is 1.98. The maximum Gasteiger partial charge on any atom is 0.151 e. The van der Waals surface area contributed by atoms with Gasteiger partial charge in [-0.15, -0.1) is 11.3 Å². The van der Waals surface area contributed by atoms with Crippen LogP contribution in [0, 0.1) is 5.82 Å². The molecule has 0 radical (unpaired) electrons. The van der Waals surface area contributed by atoms with Crippen molar-refractivity contribution in [3.05, 3.63) is 52.8 Å². The van der Waals surface area contributed by atoms with Gasteiger partial charge >= 0.3 is 0 Å². The van der Waals surface area contributed by atoms with E-state index in [2.05, 4.69) is 16.9 Å². The Kier molecular flexibility index (Phi) is 4.30. The molecule has 0 saturated heterocycles. The smallest absolute Gasteiger partial charge is 0.151 e. The van der Waals surface area contributed by atoms with Crippen LogP contribution in [0.4, 0.5) is 10.2 Å². The molecule has 26 heavy (non-hydrogen) atoms. The normalized spacial score (nSPS) is 11.5. The molecule has 0 fully saturated rings. The first-order valence-corrected chi connectivity index (χ1v) is 9.40. The first kappa shape index (κ1) is 16.9. The van der Waals surface area contributed by atoms with E-state index in [4.69, 9.17) is 11.5 Å². The average Bonchev–Trinajstić information content (AvgIpc) is 3.06. The van der Waals surface area contributed by atoms with Gasteiger partial charge in [-0.2, -0.15) is 0 Å². The molecule has 4 nitrogen and oxygen atoms in total. The van der Waals surface area contributed by atoms with Crippen molar-refractivity contribution >= 4 is 38.3 Å². The Morgan fingerprint density at radius 3 is 2.73 bits per heavy atom. The topological polar surface area (TPSA) is 77.8 Å². The van der Waals surface area contributed by atoms with Crippen LogP contribution in [0.5, 0.6) is 0 Å². The number of benzene rings is 2. The van der Waals surface area contributed by atoms with Crippen molar-refractivity contribution in [1.29, 1.82) is 0 Å². The van der Waals surface area contributed by atoms with E-state index in [1.165, 1.54) is 12.1 Å². The molecule has 0 aliphatic carbocycles. The predicted molar refractivity (Wildman–Crippen MR) is 107 cm³/mol. The molecule has 4 N–H and O–H groups in total. The van der Waals surface area contributed by atoms with Crippen molar-refractivity contribution in [2.75, 3.05) is 5.73 Å². The van der Waals surface area contributed by atoms with Gasteiger partial charge in [-0.1, -0.05) is 25.1 Å². The summed E-state index contributed by atoms with van der Waals surface area (Å²) in [5.74, 6) is 0.161. The SMILES string of the molecule is CCCc1nc2c(N)nc3cc(-c4ccc(F)cc4CN)ccc3c2s1. The molecule has 4 rings (SSSR count). The average molecular weight is 366 g/mol. The van der Waals surface area contributed by atoms with Crippen LogP contribution in [-0.4, -0.2) is 9.97 Å². The quantitative estimate of drug-likeness (QED) is 0.551. The highest BCUT2D eigenvalue weighted by atomic mass is 32.1. The Labute approximate surface area is 154 Å². The van der Waals surface area contributed by atoms with Crippen LogP contribution < -0.4 is 11.5 Å². The van der Waals surface area contributed by atoms with Crippen LogP contribution in [0.1, 0.15) is 23.9 Å². The standard InChI is InChI=1S/C20H19FN4S/c1-2-3-17-25-18-19(26-17)15-6-4-11(9-16(15)24-20(18)23)14-7-5-13(21)8-12(14)10-22/h4-9H,2-3,10,22H2,1H3,(H2,23,24). The number of aryl methyl sites for hydroxylation is 1. The molecule has 2 aromatic heterocycles. The molecular formula is C20H19FN4S. The first-order valence-electron chi connectivity index (χ1n) is 8.58. The number of aromatic nitrogens is 2. The van der Waals surface area contributed by atoms with Crippen molar-refractivity contribution in [1.82, 2.24) is 9.97 Å². The molecule has 0 amide bonds. The van der Waals surface area contributed by atoms with Crippen LogP contribution >= 0.6 is 11.3 Å². The summed E-state index contributed by atoms with van der Waals surface area (Å²) < 4.78 is 14.6. The van der Waals surface area contributed by atoms with E-state index in [9.17, 15) is 4.39 Å². The number of halogens is 1. The predicted octanol–water partition coefficient (Wildman–Crippen LogP) is 4.64. The molecular weight excluding hydrogens is 347 g/mol. The zero-order valence-electron chi connectivity index (χ0n) is 14.4. The van der Waals surface area contributed by atoms with Crippen LogP contribution in [-0.2, 0) is 13.0 Å². The minimum Gasteiger partial charge on any atom is -0.382 e. The van der Waals surface area contributed by atoms with Crippen LogP contribution in [0.2, 0.25) is 0 Å². The summed E-state index contributed by atoms with van der Waals surface area (Å²) in [5, 5.41) is 2.12. The number of nitrogens with two attached hydrogens (primary N) is 2. The Balaban J connectivity index is 1.92. The second-order valence-corrected chi connectivity index (χ2v) is 7.35. The van der Waals surface area contributed by atoms with E-state index < -0.39 is 0 Å². The fourth-order valence-electron chi connectivity index (χ4n) is 3.22. The van der Waals surface area contributed by atoms with Crippen LogP contribution in [0.15, 0.2) is 36.4 Å². The number of hydrogen-bond donors (Lipinski definition) is 2. The van der Waals surface area contributed by atoms with E-state index in [-0.39, 0.29) is 12.4 Å². The number of anilines is 1. The van der Waals surface area contributed by atoms with E-state index in [1.807, 2.05) is 18.2 Å². The summed E-state index contributed by atoms with van der Waals surface area (Å²) in [7, 11) is 0. The van der Waals surface area contributed by atoms with E-state index in [0.29, 0.717) is 5.82 Å². The Hall–Kier alpha value is -2.57. The third-order valence-electron chi connectivity index (χ3n) is 4.46. The molecule has 132 valence electrons. The molecule has 0 bridgehead atoms. The van der Waals surface area contributed by atoms with Gasteiger partial charge in [0.25, 0.3) is 0 Å². The lowest BCUT2D eigenvalue weighted by molar-refractivity contribution is 0.625. The number of fused-ring (bicyclic) bond motifs is 3. The number of hydrogen-bond acceptors (Lipinski definition) is 5. The molecule has 0 atom stereocenters. The van der Waals surface area contributed by atoms with Crippen molar-refractivity contribution < 1.29 is 4.39 Å². The largest absolute Gasteiger partial charge is 0.382 e. The zero-order chi connectivity index (χ0) is 18.3. The fraction of sp³-hybridized carbons (Fsp3) is 0.200. The molecule has 6 heteroatoms. The number of nitrogen functional groups attached to an aromatic ring is 1. The second-order valence-electron chi connectivity index (χ2n) is 6.27. The Bertz CT molecular complexity index is 1120. The number of nitrogens with zero attached hydrogens (tertiary/aromatic N) is 2. The van der Waals surface area contributed by atoms with Gasteiger partial charge in [-0.25, -0.2) is 14.4 Å². The maximum atomic E-state index is 13.5. The lowest BCUT2D eigenvalue weighted by atomic mass is 9.98. The highest BCUT2D eigenvalue weighted by molar-refractivity contribution is 7.19. The summed E-state index contributed by atoms with van der Waals surface area (Å²) >= 11 is 1.68. The summed E-state index contributed by atoms with van der Waals surface area (Å²) in [6.45, 7) is 2.41. The minimum absolute atomic E-state index is 0.273. The molecule has 0 unspecified atom stereocenters. The lowest BCUT2D eigenvalue weighted by Crippen LogP contribution is -2.00. The highest BCUT2D eigenvalue weighted by Crippen LogP contribution is 2.35. The highest BCUT2D eigenvalue weighted by Gasteiger charge is 2.14. The van der Waals surface area contributed by atoms with Crippen molar-refractivity contribution in [3.63, 3.8) is 0 Å². The number of pyridine rings is 1. The lowest BCUT2D eigenvalue weighted by Gasteiger charge is -2.10. The Morgan fingerprint density at radius 2 is 1.96 bits per heavy atom. The third kappa shape index (κ3) is 2.81. The summed E-state index contributed by atoms with van der Waals surface area (Å²) in [6, 6.07) is 10.7. The van der Waals surface area contributed by atoms with Gasteiger partial charge < -0.3 is 11.5 Å². The van der Waals surface area contributed by atoms with Crippen LogP contribution in [0.3, 0.4) is 0 Å². The number of rotatable bonds is 4. The molecule has 2 aromatic carbocycles. The molecule has 0 aliphatic heterocycles. The summed E-state index contributed by atoms with van der Waals surface area (Å²) in [5.41, 5.74) is 16.2. The monoisotopic (exact) mass is 366 g/mol. The van der Waals surface area contributed by atoms with Crippen molar-refractivity contribution in [3.8, 4) is 11.1 Å². The van der Waals surface area contributed by atoms with Gasteiger partial charge in [0.05, 0.1) is 15.2 Å². The minimum atomic E-state index is -0.285. The van der Waals surface area contributed by atoms with Crippen LogP contribution in [0.25, 0.3) is 32.2 Å². The van der Waals surface area contributed by atoms with Gasteiger partial charge in [-0.3, -0.25) is 0 Å². The summed E-state index contributed by atoms with van der Waals surface area (Å²) in [4.78, 5) is 9.20. The van der Waals surface area contributed by atoms with Gasteiger partial charge in [0.1, 0.15) is 11.3 Å². The van der Waals surface area contributed by atoms with Crippen molar-refractivity contribution in [2.45, 2.75) is 26.3 Å². The Morgan fingerprint density at radius 1 is 1.12 bits per heavy atom. The van der Waals surface area contributed by atoms with Gasteiger partial charge in [0, 0.05) is 11.9 Å². The van der Waals surface area contributed by atoms with E-state index in [0.717, 1.165) is 55.7 Å². The van der Waals surface area contributed by atoms with Gasteiger partial charge in [0.15, 0.2) is 5.82 Å². The third-order valence-corrected chi connectivity index (χ3v) is 5.61. The number of thiazole rings is 1. The molecule has 0 spiro atoms. The fourth-order valence-corrected chi connectivity index (χ4v) is 4.43. The molecule has 2 heterocycles. The zero-order valence-corrected chi connectivity index (χ0v) is 15.2. The van der Waals surface area contributed by atoms with Gasteiger partial charge in [0.2, 0.25) is 0 Å². The molecule has 4 aromatic rings. The molecule has 0 saturated carbocycles. The van der Waals surface area contributed by atoms with E-state index >= 15 is 0 Å². The molecule has 0 aliphatic rings. The van der Waals surface area contributed by atoms with E-state index in [1.54, 1.807) is 17.4 Å². The van der Waals surface area contributed by atoms with Crippen molar-refractivity contribution in [2.24, 2.45) is 5.73 Å². The second kappa shape index (κ2) is 6.63. The maximum absolute atomic E-state index is 13.5. The first-order chi connectivity index (χ1) is 12.6.